The Kier molecular flexibility index (Phi) is 5.40. The van der Waals surface area contributed by atoms with E-state index in [1.165, 1.54) is 13.8 Å². The van der Waals surface area contributed by atoms with Crippen molar-refractivity contribution in [3.8, 4) is 0 Å². The molecule has 1 aromatic rings. The first-order valence-corrected chi connectivity index (χ1v) is 10.5. The number of hydrogen-bond donors (Lipinski definition) is 2. The van der Waals surface area contributed by atoms with E-state index in [2.05, 4.69) is 4.72 Å². The van der Waals surface area contributed by atoms with Crippen LogP contribution >= 0.6 is 0 Å². The van der Waals surface area contributed by atoms with Gasteiger partial charge in [-0.25, -0.2) is 21.2 Å². The van der Waals surface area contributed by atoms with Gasteiger partial charge in [0.2, 0.25) is 20.0 Å². The number of carboxylic acids is 1. The molecule has 0 amide bonds. The number of rotatable bonds is 6. The summed E-state index contributed by atoms with van der Waals surface area (Å²) in [7, 11) is -7.98. The summed E-state index contributed by atoms with van der Waals surface area (Å²) in [4.78, 5) is 10.7. The highest BCUT2D eigenvalue weighted by Gasteiger charge is 2.39. The number of nitrogens with one attached hydrogen (secondary N) is 1. The fourth-order valence-electron chi connectivity index (χ4n) is 2.42. The van der Waals surface area contributed by atoms with Crippen LogP contribution in [0.1, 0.15) is 26.7 Å². The van der Waals surface area contributed by atoms with E-state index >= 15 is 0 Å². The van der Waals surface area contributed by atoms with Gasteiger partial charge >= 0.3 is 5.97 Å². The van der Waals surface area contributed by atoms with E-state index in [4.69, 9.17) is 5.11 Å². The first kappa shape index (κ1) is 19.6. The zero-order chi connectivity index (χ0) is 19.0. The Bertz CT molecular complexity index is 883. The molecule has 0 aromatic heterocycles. The molecule has 8 nitrogen and oxygen atoms in total. The fraction of sp³-hybridized carbons (Fsp3) is 0.500. The highest BCUT2D eigenvalue weighted by Crippen LogP contribution is 2.28. The normalized spacial score (nSPS) is 19.3. The van der Waals surface area contributed by atoms with Crippen LogP contribution in [0, 0.1) is 5.82 Å². The molecular formula is C14H19FN2O6S2. The van der Waals surface area contributed by atoms with E-state index in [0.29, 0.717) is 12.5 Å². The highest BCUT2D eigenvalue weighted by molar-refractivity contribution is 7.93. The fourth-order valence-corrected chi connectivity index (χ4v) is 4.79. The molecule has 1 heterocycles. The number of aliphatic carboxylic acids is 1. The summed E-state index contributed by atoms with van der Waals surface area (Å²) in [6, 6.07) is 1.55. The molecule has 140 valence electrons. The van der Waals surface area contributed by atoms with Gasteiger partial charge in [-0.1, -0.05) is 0 Å². The standard InChI is InChI=1S/C14H19FN2O6S2/c1-9(2)24(20,21)16-12-6-5-10(8-11(12)15)25(22,23)17-7-3-4-13(17)14(18)19/h5-6,8-9,13,16H,3-4,7H2,1-2H3,(H,18,19)/t13-/m0/s1. The summed E-state index contributed by atoms with van der Waals surface area (Å²) in [5.74, 6) is -2.32. The molecule has 11 heteroatoms. The Hall–Kier alpha value is -1.72. The van der Waals surface area contributed by atoms with Crippen LogP contribution in [0.15, 0.2) is 23.1 Å². The quantitative estimate of drug-likeness (QED) is 0.748. The largest absolute Gasteiger partial charge is 0.480 e. The van der Waals surface area contributed by atoms with Crippen LogP contribution < -0.4 is 4.72 Å². The van der Waals surface area contributed by atoms with Crippen LogP contribution in [0.4, 0.5) is 10.1 Å². The van der Waals surface area contributed by atoms with Gasteiger partial charge < -0.3 is 5.11 Å². The minimum Gasteiger partial charge on any atom is -0.480 e. The summed E-state index contributed by atoms with van der Waals surface area (Å²) < 4.78 is 65.8. The van der Waals surface area contributed by atoms with Crippen molar-refractivity contribution >= 4 is 31.7 Å². The Labute approximate surface area is 145 Å². The molecule has 1 atom stereocenters. The zero-order valence-electron chi connectivity index (χ0n) is 13.6. The van der Waals surface area contributed by atoms with Crippen LogP contribution in [0.25, 0.3) is 0 Å². The van der Waals surface area contributed by atoms with Gasteiger partial charge in [-0.2, -0.15) is 4.31 Å². The third-order valence-electron chi connectivity index (χ3n) is 3.91. The second kappa shape index (κ2) is 6.89. The Morgan fingerprint density at radius 2 is 1.96 bits per heavy atom. The molecule has 0 unspecified atom stereocenters. The van der Waals surface area contributed by atoms with Gasteiger partial charge in [-0.3, -0.25) is 9.52 Å². The molecule has 0 radical (unpaired) electrons. The lowest BCUT2D eigenvalue weighted by atomic mass is 10.2. The van der Waals surface area contributed by atoms with Crippen molar-refractivity contribution in [2.75, 3.05) is 11.3 Å². The summed E-state index contributed by atoms with van der Waals surface area (Å²) in [6.07, 6.45) is 0.578. The van der Waals surface area contributed by atoms with Gasteiger partial charge in [-0.15, -0.1) is 0 Å². The number of carboxylic acid groups (broad SMARTS) is 1. The molecule has 25 heavy (non-hydrogen) atoms. The average molecular weight is 394 g/mol. The van der Waals surface area contributed by atoms with Crippen molar-refractivity contribution < 1.29 is 31.1 Å². The molecule has 0 spiro atoms. The van der Waals surface area contributed by atoms with E-state index in [1.54, 1.807) is 0 Å². The number of benzene rings is 1. The first-order valence-electron chi connectivity index (χ1n) is 7.52. The predicted octanol–water partition coefficient (Wildman–Crippen LogP) is 1.21. The van der Waals surface area contributed by atoms with Crippen LogP contribution in [0.3, 0.4) is 0 Å². The van der Waals surface area contributed by atoms with E-state index in [0.717, 1.165) is 16.4 Å². The Morgan fingerprint density at radius 1 is 1.32 bits per heavy atom. The molecule has 1 fully saturated rings. The van der Waals surface area contributed by atoms with Gasteiger partial charge in [0.15, 0.2) is 0 Å². The molecule has 1 aliphatic heterocycles. The topological polar surface area (TPSA) is 121 Å². The maximum Gasteiger partial charge on any atom is 0.322 e. The first-order chi connectivity index (χ1) is 11.5. The van der Waals surface area contributed by atoms with Crippen LogP contribution in [-0.2, 0) is 24.8 Å². The summed E-state index contributed by atoms with van der Waals surface area (Å²) >= 11 is 0. The summed E-state index contributed by atoms with van der Waals surface area (Å²) in [6.45, 7) is 2.86. The van der Waals surface area contributed by atoms with E-state index in [-0.39, 0.29) is 18.7 Å². The molecular weight excluding hydrogens is 375 g/mol. The van der Waals surface area contributed by atoms with Crippen molar-refractivity contribution in [2.45, 2.75) is 42.9 Å². The van der Waals surface area contributed by atoms with Crippen LogP contribution in [-0.4, -0.2) is 50.1 Å². The van der Waals surface area contributed by atoms with Crippen molar-refractivity contribution in [3.63, 3.8) is 0 Å². The monoisotopic (exact) mass is 394 g/mol. The van der Waals surface area contributed by atoms with E-state index in [1.807, 2.05) is 0 Å². The second-order valence-corrected chi connectivity index (χ2v) is 10.1. The molecule has 2 rings (SSSR count). The maximum atomic E-state index is 14.2. The van der Waals surface area contributed by atoms with Gasteiger partial charge in [0.1, 0.15) is 11.9 Å². The van der Waals surface area contributed by atoms with Crippen molar-refractivity contribution in [1.82, 2.24) is 4.31 Å². The smallest absolute Gasteiger partial charge is 0.322 e. The SMILES string of the molecule is CC(C)S(=O)(=O)Nc1ccc(S(=O)(=O)N2CCC[C@H]2C(=O)O)cc1F. The zero-order valence-corrected chi connectivity index (χ0v) is 15.3. The molecule has 0 bridgehead atoms. The predicted molar refractivity (Wildman–Crippen MR) is 88.6 cm³/mol. The van der Waals surface area contributed by atoms with Crippen LogP contribution in [0.5, 0.6) is 0 Å². The van der Waals surface area contributed by atoms with Gasteiger partial charge in [0.05, 0.1) is 15.8 Å². The number of carbonyl (C=O) groups is 1. The lowest BCUT2D eigenvalue weighted by Crippen LogP contribution is -2.40. The van der Waals surface area contributed by atoms with Crippen molar-refractivity contribution in [2.24, 2.45) is 0 Å². The molecule has 1 aromatic carbocycles. The highest BCUT2D eigenvalue weighted by atomic mass is 32.2. The van der Waals surface area contributed by atoms with Gasteiger partial charge in [-0.05, 0) is 44.9 Å². The van der Waals surface area contributed by atoms with E-state index < -0.39 is 48.0 Å². The third-order valence-corrected chi connectivity index (χ3v) is 7.56. The lowest BCUT2D eigenvalue weighted by molar-refractivity contribution is -0.140. The van der Waals surface area contributed by atoms with Crippen LogP contribution in [0.2, 0.25) is 0 Å². The third kappa shape index (κ3) is 3.93. The minimum absolute atomic E-state index is 0.0304. The van der Waals surface area contributed by atoms with Crippen molar-refractivity contribution in [3.05, 3.63) is 24.0 Å². The summed E-state index contributed by atoms with van der Waals surface area (Å²) in [5.41, 5.74) is -0.371. The minimum atomic E-state index is -4.20. The van der Waals surface area contributed by atoms with Gasteiger partial charge in [0, 0.05) is 6.54 Å². The number of hydrogen-bond acceptors (Lipinski definition) is 5. The number of nitrogens with zero attached hydrogens (tertiary/aromatic N) is 1. The number of anilines is 1. The number of halogens is 1. The Balaban J connectivity index is 2.35. The molecule has 1 aliphatic rings. The van der Waals surface area contributed by atoms with Gasteiger partial charge in [0.25, 0.3) is 0 Å². The second-order valence-electron chi connectivity index (χ2n) is 5.95. The molecule has 0 saturated carbocycles. The van der Waals surface area contributed by atoms with Crippen molar-refractivity contribution in [1.29, 1.82) is 0 Å². The maximum absolute atomic E-state index is 14.2. The molecule has 2 N–H and O–H groups in total. The number of sulfonamides is 2. The van der Waals surface area contributed by atoms with E-state index in [9.17, 15) is 26.0 Å². The molecule has 1 saturated heterocycles. The Morgan fingerprint density at radius 3 is 2.48 bits per heavy atom. The lowest BCUT2D eigenvalue weighted by Gasteiger charge is -2.21. The summed E-state index contributed by atoms with van der Waals surface area (Å²) in [5, 5.41) is 8.32. The average Bonchev–Trinajstić information content (AvgIpc) is 2.99. The molecule has 0 aliphatic carbocycles.